The number of unbranched alkanes of at least 4 members (excludes halogenated alkanes) is 1. The fourth-order valence-corrected chi connectivity index (χ4v) is 3.74. The Hall–Kier alpha value is -2.81. The van der Waals surface area contributed by atoms with Crippen LogP contribution in [0.15, 0.2) is 39.2 Å². The maximum Gasteiger partial charge on any atom is 0.336 e. The van der Waals surface area contributed by atoms with Crippen molar-refractivity contribution in [3.8, 4) is 5.69 Å². The number of halogens is 2. The van der Waals surface area contributed by atoms with Gasteiger partial charge in [-0.15, -0.1) is 11.3 Å². The Balaban J connectivity index is 2.16. The number of rotatable bonds is 6. The first-order valence-electron chi connectivity index (χ1n) is 8.77. The summed E-state index contributed by atoms with van der Waals surface area (Å²) in [6, 6.07) is 4.05. The number of hydrogen-bond acceptors (Lipinski definition) is 4. The van der Waals surface area contributed by atoms with E-state index >= 15 is 0 Å². The second kappa shape index (κ2) is 8.05. The minimum Gasteiger partial charge on any atom is -0.344 e. The number of nitrogens with zero attached hydrogens (tertiary/aromatic N) is 3. The van der Waals surface area contributed by atoms with Crippen molar-refractivity contribution in [3.63, 3.8) is 0 Å². The number of carbonyl (C=O) groups is 1. The van der Waals surface area contributed by atoms with E-state index in [1.54, 1.807) is 18.5 Å². The maximum absolute atomic E-state index is 13.6. The molecule has 3 aromatic rings. The number of carbonyl (C=O) groups excluding carboxylic acids is 1. The Morgan fingerprint density at radius 1 is 1.18 bits per heavy atom. The molecule has 0 saturated heterocycles. The molecule has 0 fully saturated rings. The van der Waals surface area contributed by atoms with E-state index < -0.39 is 22.9 Å². The largest absolute Gasteiger partial charge is 0.344 e. The summed E-state index contributed by atoms with van der Waals surface area (Å²) in [4.78, 5) is 39.8. The quantitative estimate of drug-likeness (QED) is 0.631. The zero-order chi connectivity index (χ0) is 20.4. The number of thiophene rings is 1. The molecular formula is C19H19F2N3O3S. The van der Waals surface area contributed by atoms with Crippen molar-refractivity contribution in [3.05, 3.63) is 62.1 Å². The lowest BCUT2D eigenvalue weighted by atomic mass is 10.3. The van der Waals surface area contributed by atoms with Crippen LogP contribution < -0.4 is 11.2 Å². The molecule has 0 radical (unpaired) electrons. The summed E-state index contributed by atoms with van der Waals surface area (Å²) in [6.07, 6.45) is 1.75. The molecule has 6 nitrogen and oxygen atoms in total. The summed E-state index contributed by atoms with van der Waals surface area (Å²) in [5.74, 6) is -2.11. The fourth-order valence-electron chi connectivity index (χ4n) is 2.91. The van der Waals surface area contributed by atoms with Crippen LogP contribution in [0.1, 0.15) is 19.8 Å². The van der Waals surface area contributed by atoms with E-state index in [2.05, 4.69) is 0 Å². The average Bonchev–Trinajstić information content (AvgIpc) is 3.12. The molecule has 3 rings (SSSR count). The van der Waals surface area contributed by atoms with Crippen molar-refractivity contribution < 1.29 is 13.6 Å². The van der Waals surface area contributed by atoms with Crippen LogP contribution in [0.4, 0.5) is 8.78 Å². The Morgan fingerprint density at radius 2 is 1.86 bits per heavy atom. The van der Waals surface area contributed by atoms with Crippen LogP contribution in [0.2, 0.25) is 0 Å². The molecule has 28 heavy (non-hydrogen) atoms. The molecule has 0 aliphatic heterocycles. The lowest BCUT2D eigenvalue weighted by Gasteiger charge is -2.18. The molecule has 2 aromatic heterocycles. The van der Waals surface area contributed by atoms with Gasteiger partial charge in [-0.05, 0) is 30.0 Å². The van der Waals surface area contributed by atoms with Gasteiger partial charge < -0.3 is 4.90 Å². The van der Waals surface area contributed by atoms with Crippen LogP contribution in [-0.4, -0.2) is 33.5 Å². The Bertz CT molecular complexity index is 1130. The summed E-state index contributed by atoms with van der Waals surface area (Å²) in [6.45, 7) is 2.28. The first-order valence-corrected chi connectivity index (χ1v) is 9.65. The molecule has 1 amide bonds. The summed E-state index contributed by atoms with van der Waals surface area (Å²) in [5.41, 5.74) is -1.39. The molecule has 0 atom stereocenters. The Labute approximate surface area is 163 Å². The van der Waals surface area contributed by atoms with Crippen molar-refractivity contribution in [2.45, 2.75) is 26.3 Å². The third kappa shape index (κ3) is 3.75. The molecule has 2 heterocycles. The third-order valence-corrected chi connectivity index (χ3v) is 5.32. The molecule has 0 bridgehead atoms. The van der Waals surface area contributed by atoms with Crippen LogP contribution in [0.5, 0.6) is 0 Å². The molecular weight excluding hydrogens is 388 g/mol. The molecule has 0 saturated carbocycles. The van der Waals surface area contributed by atoms with Crippen molar-refractivity contribution >= 4 is 27.5 Å². The lowest BCUT2D eigenvalue weighted by Crippen LogP contribution is -2.42. The second-order valence-electron chi connectivity index (χ2n) is 6.44. The minimum absolute atomic E-state index is 0.219. The highest BCUT2D eigenvalue weighted by Crippen LogP contribution is 2.17. The van der Waals surface area contributed by atoms with Gasteiger partial charge in [-0.1, -0.05) is 13.3 Å². The normalized spacial score (nSPS) is 11.1. The van der Waals surface area contributed by atoms with Gasteiger partial charge in [0.15, 0.2) is 0 Å². The monoisotopic (exact) mass is 407 g/mol. The predicted molar refractivity (Wildman–Crippen MR) is 104 cm³/mol. The number of likely N-dealkylation sites (N-methyl/N-ethyl adjacent to an activating group) is 1. The van der Waals surface area contributed by atoms with Gasteiger partial charge in [0.1, 0.15) is 22.9 Å². The third-order valence-electron chi connectivity index (χ3n) is 4.43. The molecule has 0 spiro atoms. The maximum atomic E-state index is 13.6. The Kier molecular flexibility index (Phi) is 5.73. The number of fused-ring (bicyclic) bond motifs is 1. The second-order valence-corrected chi connectivity index (χ2v) is 7.36. The van der Waals surface area contributed by atoms with Crippen molar-refractivity contribution in [1.82, 2.24) is 14.0 Å². The highest BCUT2D eigenvalue weighted by Gasteiger charge is 2.19. The number of amides is 1. The van der Waals surface area contributed by atoms with E-state index in [0.717, 1.165) is 36.3 Å². The number of aromatic nitrogens is 2. The molecule has 0 aliphatic rings. The highest BCUT2D eigenvalue weighted by atomic mass is 32.1. The molecule has 148 valence electrons. The zero-order valence-corrected chi connectivity index (χ0v) is 16.3. The van der Waals surface area contributed by atoms with Crippen LogP contribution in [0.3, 0.4) is 0 Å². The van der Waals surface area contributed by atoms with Crippen LogP contribution in [0, 0.1) is 11.6 Å². The predicted octanol–water partition coefficient (Wildman–Crippen LogP) is 2.75. The smallest absolute Gasteiger partial charge is 0.336 e. The van der Waals surface area contributed by atoms with E-state index in [1.807, 2.05) is 6.92 Å². The van der Waals surface area contributed by atoms with Crippen molar-refractivity contribution in [1.29, 1.82) is 0 Å². The van der Waals surface area contributed by atoms with E-state index in [1.165, 1.54) is 9.47 Å². The van der Waals surface area contributed by atoms with Gasteiger partial charge in [-0.2, -0.15) is 0 Å². The summed E-state index contributed by atoms with van der Waals surface area (Å²) in [7, 11) is 1.64. The molecule has 0 N–H and O–H groups in total. The van der Waals surface area contributed by atoms with E-state index in [0.29, 0.717) is 22.7 Å². The molecule has 1 aromatic carbocycles. The fraction of sp³-hybridized carbons (Fsp3) is 0.316. The topological polar surface area (TPSA) is 64.3 Å². The standard InChI is InChI=1S/C19H19F2N3O3S/c1-3-4-6-22(2)16(25)11-23-15-5-7-28-17(15)18(26)24(19(23)27)14-9-12(20)8-13(21)10-14/h5,7-10H,3-4,6,11H2,1-2H3. The summed E-state index contributed by atoms with van der Waals surface area (Å²) < 4.78 is 29.4. The minimum atomic E-state index is -0.908. The van der Waals surface area contributed by atoms with E-state index in [9.17, 15) is 23.2 Å². The zero-order valence-electron chi connectivity index (χ0n) is 15.4. The van der Waals surface area contributed by atoms with Crippen LogP contribution in [-0.2, 0) is 11.3 Å². The Morgan fingerprint density at radius 3 is 2.50 bits per heavy atom. The SMILES string of the molecule is CCCCN(C)C(=O)Cn1c(=O)n(-c2cc(F)cc(F)c2)c(=O)c2sccc21. The first-order chi connectivity index (χ1) is 13.3. The summed E-state index contributed by atoms with van der Waals surface area (Å²) in [5, 5.41) is 1.63. The van der Waals surface area contributed by atoms with Crippen LogP contribution in [0.25, 0.3) is 15.9 Å². The first kappa shape index (κ1) is 19.9. The summed E-state index contributed by atoms with van der Waals surface area (Å²) >= 11 is 1.10. The van der Waals surface area contributed by atoms with Gasteiger partial charge >= 0.3 is 5.69 Å². The van der Waals surface area contributed by atoms with Crippen LogP contribution >= 0.6 is 11.3 Å². The van der Waals surface area contributed by atoms with Gasteiger partial charge in [-0.3, -0.25) is 14.2 Å². The van der Waals surface area contributed by atoms with Gasteiger partial charge in [0.25, 0.3) is 5.56 Å². The average molecular weight is 407 g/mol. The van der Waals surface area contributed by atoms with Crippen molar-refractivity contribution in [2.75, 3.05) is 13.6 Å². The molecule has 0 aliphatic carbocycles. The number of benzene rings is 1. The van der Waals surface area contributed by atoms with E-state index in [4.69, 9.17) is 0 Å². The molecule has 0 unspecified atom stereocenters. The van der Waals surface area contributed by atoms with Gasteiger partial charge in [0, 0.05) is 19.7 Å². The number of hydrogen-bond donors (Lipinski definition) is 0. The highest BCUT2D eigenvalue weighted by molar-refractivity contribution is 7.17. The van der Waals surface area contributed by atoms with Gasteiger partial charge in [0.05, 0.1) is 11.2 Å². The van der Waals surface area contributed by atoms with Gasteiger partial charge in [-0.25, -0.2) is 18.1 Å². The molecule has 9 heteroatoms. The van der Waals surface area contributed by atoms with Gasteiger partial charge in [0.2, 0.25) is 5.91 Å². The lowest BCUT2D eigenvalue weighted by molar-refractivity contribution is -0.130. The van der Waals surface area contributed by atoms with E-state index in [-0.39, 0.29) is 22.8 Å². The van der Waals surface area contributed by atoms with Crippen molar-refractivity contribution in [2.24, 2.45) is 0 Å².